The lowest BCUT2D eigenvalue weighted by Gasteiger charge is -2.40. The minimum atomic E-state index is -1.03. The highest BCUT2D eigenvalue weighted by Gasteiger charge is 2.41. The molecule has 7 heteroatoms. The van der Waals surface area contributed by atoms with Crippen molar-refractivity contribution < 1.29 is 28.6 Å². The van der Waals surface area contributed by atoms with E-state index in [0.717, 1.165) is 32.4 Å². The van der Waals surface area contributed by atoms with Crippen molar-refractivity contribution in [2.75, 3.05) is 19.7 Å². The second-order valence-electron chi connectivity index (χ2n) is 6.69. The number of Topliss-reactive ketones (excluding diaryl/α,β-unsaturated/α-hetero) is 1. The molecule has 0 saturated carbocycles. The van der Waals surface area contributed by atoms with Gasteiger partial charge in [-0.05, 0) is 37.7 Å². The van der Waals surface area contributed by atoms with Gasteiger partial charge >= 0.3 is 12.1 Å². The highest BCUT2D eigenvalue weighted by molar-refractivity contribution is 6.03. The van der Waals surface area contributed by atoms with Crippen molar-refractivity contribution in [2.45, 2.75) is 44.6 Å². The molecule has 26 heavy (non-hydrogen) atoms. The van der Waals surface area contributed by atoms with Crippen LogP contribution in [0.15, 0.2) is 18.2 Å². The van der Waals surface area contributed by atoms with E-state index in [-0.39, 0.29) is 18.0 Å². The summed E-state index contributed by atoms with van der Waals surface area (Å²) < 4.78 is 15.6. The summed E-state index contributed by atoms with van der Waals surface area (Å²) in [6.45, 7) is 3.79. The van der Waals surface area contributed by atoms with Crippen LogP contribution in [0.3, 0.4) is 0 Å². The van der Waals surface area contributed by atoms with Crippen LogP contribution < -0.4 is 10.1 Å². The fraction of sp³-hybridized carbons (Fsp3) is 0.526. The first-order chi connectivity index (χ1) is 12.5. The van der Waals surface area contributed by atoms with Gasteiger partial charge in [-0.2, -0.15) is 0 Å². The van der Waals surface area contributed by atoms with E-state index in [0.29, 0.717) is 24.2 Å². The molecular formula is C19H23NO6. The van der Waals surface area contributed by atoms with Crippen molar-refractivity contribution in [3.63, 3.8) is 0 Å². The molecule has 3 rings (SSSR count). The molecule has 2 aliphatic rings. The largest absolute Gasteiger partial charge is 0.516 e. The maximum absolute atomic E-state index is 12.6. The molecule has 1 spiro atoms. The van der Waals surface area contributed by atoms with E-state index in [2.05, 4.69) is 10.1 Å². The molecule has 1 N–H and O–H groups in total. The van der Waals surface area contributed by atoms with Crippen LogP contribution in [0.2, 0.25) is 0 Å². The zero-order chi connectivity index (χ0) is 18.6. The number of ether oxygens (including phenoxy) is 3. The fourth-order valence-corrected chi connectivity index (χ4v) is 3.25. The van der Waals surface area contributed by atoms with Gasteiger partial charge in [0, 0.05) is 12.8 Å². The number of ketones is 1. The van der Waals surface area contributed by atoms with Crippen LogP contribution in [-0.4, -0.2) is 43.2 Å². The van der Waals surface area contributed by atoms with Crippen molar-refractivity contribution in [1.82, 2.24) is 5.32 Å². The van der Waals surface area contributed by atoms with Gasteiger partial charge in [0.2, 0.25) is 0 Å². The predicted octanol–water partition coefficient (Wildman–Crippen LogP) is 2.87. The van der Waals surface area contributed by atoms with Gasteiger partial charge in [-0.3, -0.25) is 4.79 Å². The molecule has 0 aliphatic carbocycles. The molecule has 1 saturated heterocycles. The van der Waals surface area contributed by atoms with Gasteiger partial charge in [0.05, 0.1) is 24.2 Å². The first-order valence-electron chi connectivity index (χ1n) is 8.99. The lowest BCUT2D eigenvalue weighted by Crippen LogP contribution is -2.49. The normalized spacial score (nSPS) is 18.0. The van der Waals surface area contributed by atoms with Crippen molar-refractivity contribution in [2.24, 2.45) is 0 Å². The van der Waals surface area contributed by atoms with Crippen LogP contribution in [0.25, 0.3) is 0 Å². The van der Waals surface area contributed by atoms with Gasteiger partial charge in [-0.1, -0.05) is 13.3 Å². The number of unbranched alkanes of at least 4 members (excludes halogenated alkanes) is 1. The predicted molar refractivity (Wildman–Crippen MR) is 92.5 cm³/mol. The van der Waals surface area contributed by atoms with Crippen molar-refractivity contribution in [1.29, 1.82) is 0 Å². The summed E-state index contributed by atoms with van der Waals surface area (Å²) in [6, 6.07) is 4.51. The average molecular weight is 361 g/mol. The van der Waals surface area contributed by atoms with Gasteiger partial charge in [0.1, 0.15) is 11.4 Å². The third kappa shape index (κ3) is 4.04. The number of fused-ring (bicyclic) bond motifs is 1. The summed E-state index contributed by atoms with van der Waals surface area (Å²) in [6.07, 6.45) is 2.37. The maximum atomic E-state index is 12.6. The molecule has 1 fully saturated rings. The Morgan fingerprint density at radius 2 is 2.04 bits per heavy atom. The standard InChI is InChI=1S/C19H23NO6/c1-2-3-10-24-18(23)25-17(22)13-4-5-16-14(11-13)15(21)12-19(26-16)6-8-20-9-7-19/h4-5,11,20H,2-3,6-10,12H2,1H3. The summed E-state index contributed by atoms with van der Waals surface area (Å²) >= 11 is 0. The lowest BCUT2D eigenvalue weighted by molar-refractivity contribution is 0.0187. The Morgan fingerprint density at radius 3 is 2.77 bits per heavy atom. The van der Waals surface area contributed by atoms with E-state index in [9.17, 15) is 14.4 Å². The van der Waals surface area contributed by atoms with Gasteiger partial charge < -0.3 is 19.5 Å². The molecule has 1 aromatic rings. The summed E-state index contributed by atoms with van der Waals surface area (Å²) in [5, 5.41) is 3.26. The Balaban J connectivity index is 1.69. The van der Waals surface area contributed by atoms with Crippen LogP contribution in [-0.2, 0) is 9.47 Å². The van der Waals surface area contributed by atoms with E-state index in [1.54, 1.807) is 6.07 Å². The molecule has 0 aromatic heterocycles. The van der Waals surface area contributed by atoms with Gasteiger partial charge in [-0.25, -0.2) is 9.59 Å². The number of hydrogen-bond donors (Lipinski definition) is 1. The molecule has 7 nitrogen and oxygen atoms in total. The van der Waals surface area contributed by atoms with Crippen LogP contribution in [0.1, 0.15) is 59.7 Å². The van der Waals surface area contributed by atoms with E-state index in [1.807, 2.05) is 6.92 Å². The van der Waals surface area contributed by atoms with Gasteiger partial charge in [0.15, 0.2) is 5.78 Å². The third-order valence-corrected chi connectivity index (χ3v) is 4.73. The molecule has 0 bridgehead atoms. The number of rotatable bonds is 4. The number of benzene rings is 1. The summed E-state index contributed by atoms with van der Waals surface area (Å²) in [5.74, 6) is -0.428. The highest BCUT2D eigenvalue weighted by Crippen LogP contribution is 2.38. The zero-order valence-electron chi connectivity index (χ0n) is 14.8. The SMILES string of the molecule is CCCCOC(=O)OC(=O)c1ccc2c(c1)C(=O)CC1(CCNCC1)O2. The molecule has 2 aliphatic heterocycles. The highest BCUT2D eigenvalue weighted by atomic mass is 16.7. The van der Waals surface area contributed by atoms with Crippen LogP contribution >= 0.6 is 0 Å². The molecule has 1 aromatic carbocycles. The summed E-state index contributed by atoms with van der Waals surface area (Å²) in [4.78, 5) is 36.2. The first kappa shape index (κ1) is 18.4. The number of hydrogen-bond acceptors (Lipinski definition) is 7. The number of esters is 1. The van der Waals surface area contributed by atoms with E-state index < -0.39 is 17.7 Å². The molecule has 2 heterocycles. The van der Waals surface area contributed by atoms with E-state index >= 15 is 0 Å². The van der Waals surface area contributed by atoms with E-state index in [4.69, 9.17) is 9.47 Å². The maximum Gasteiger partial charge on any atom is 0.516 e. The van der Waals surface area contributed by atoms with Crippen LogP contribution in [0.5, 0.6) is 5.75 Å². The Hall–Kier alpha value is -2.41. The number of nitrogens with one attached hydrogen (secondary N) is 1. The fourth-order valence-electron chi connectivity index (χ4n) is 3.25. The van der Waals surface area contributed by atoms with Gasteiger partial charge in [0.25, 0.3) is 0 Å². The molecule has 0 atom stereocenters. The Morgan fingerprint density at radius 1 is 1.27 bits per heavy atom. The number of carbonyl (C=O) groups excluding carboxylic acids is 3. The van der Waals surface area contributed by atoms with Crippen LogP contribution in [0, 0.1) is 0 Å². The molecular weight excluding hydrogens is 338 g/mol. The van der Waals surface area contributed by atoms with Crippen molar-refractivity contribution in [3.05, 3.63) is 29.3 Å². The minimum absolute atomic E-state index is 0.0617. The van der Waals surface area contributed by atoms with Crippen molar-refractivity contribution in [3.8, 4) is 5.75 Å². The Labute approximate surface area is 152 Å². The monoisotopic (exact) mass is 361 g/mol. The number of piperidine rings is 1. The van der Waals surface area contributed by atoms with Gasteiger partial charge in [-0.15, -0.1) is 0 Å². The molecule has 0 unspecified atom stereocenters. The molecule has 0 amide bonds. The lowest BCUT2D eigenvalue weighted by atomic mass is 9.83. The quantitative estimate of drug-likeness (QED) is 0.501. The molecule has 0 radical (unpaired) electrons. The first-order valence-corrected chi connectivity index (χ1v) is 8.99. The number of carbonyl (C=O) groups is 3. The smallest absolute Gasteiger partial charge is 0.486 e. The summed E-state index contributed by atoms with van der Waals surface area (Å²) in [5.41, 5.74) is 0.0119. The third-order valence-electron chi connectivity index (χ3n) is 4.73. The average Bonchev–Trinajstić information content (AvgIpc) is 2.62. The van der Waals surface area contributed by atoms with E-state index in [1.165, 1.54) is 12.1 Å². The topological polar surface area (TPSA) is 90.9 Å². The second kappa shape index (κ2) is 7.86. The Bertz CT molecular complexity index is 708. The zero-order valence-corrected chi connectivity index (χ0v) is 14.8. The second-order valence-corrected chi connectivity index (χ2v) is 6.69. The summed E-state index contributed by atoms with van der Waals surface area (Å²) in [7, 11) is 0. The van der Waals surface area contributed by atoms with Crippen molar-refractivity contribution >= 4 is 17.9 Å². The van der Waals surface area contributed by atoms with Crippen LogP contribution in [0.4, 0.5) is 4.79 Å². The molecule has 140 valence electrons. The Kier molecular flexibility index (Phi) is 5.56. The minimum Gasteiger partial charge on any atom is -0.486 e.